The Morgan fingerprint density at radius 2 is 2.04 bits per heavy atom. The Morgan fingerprint density at radius 1 is 1.15 bits per heavy atom. The average Bonchev–Trinajstić information content (AvgIpc) is 3.40. The quantitative estimate of drug-likeness (QED) is 0.495. The molecule has 0 bridgehead atoms. The number of Topliss-reactive ketones (excluding diaryl/α,β-unsaturated/α-hetero) is 1. The third kappa shape index (κ3) is 3.30. The highest BCUT2D eigenvalue weighted by Gasteiger charge is 2.19. The topological polar surface area (TPSA) is 92.8 Å². The van der Waals surface area contributed by atoms with E-state index in [1.165, 1.54) is 6.07 Å². The van der Waals surface area contributed by atoms with Gasteiger partial charge in [-0.3, -0.25) is 9.48 Å². The molecule has 1 aliphatic heterocycles. The van der Waals surface area contributed by atoms with Crippen molar-refractivity contribution in [3.8, 4) is 11.5 Å². The summed E-state index contributed by atoms with van der Waals surface area (Å²) in [5.41, 5.74) is 0.376. The van der Waals surface area contributed by atoms with Gasteiger partial charge in [0.1, 0.15) is 5.76 Å². The predicted molar refractivity (Wildman–Crippen MR) is 87.2 cm³/mol. The number of carbonyl (C=O) groups excluding carboxylic acids is 2. The molecule has 8 nitrogen and oxygen atoms in total. The molecule has 0 saturated carbocycles. The number of ether oxygens (including phenoxy) is 3. The molecule has 2 aromatic heterocycles. The predicted octanol–water partition coefficient (Wildman–Crippen LogP) is 2.29. The monoisotopic (exact) mass is 354 g/mol. The van der Waals surface area contributed by atoms with Crippen LogP contribution in [0.4, 0.5) is 0 Å². The molecule has 26 heavy (non-hydrogen) atoms. The first kappa shape index (κ1) is 15.9. The second kappa shape index (κ2) is 6.75. The Bertz CT molecular complexity index is 945. The summed E-state index contributed by atoms with van der Waals surface area (Å²) in [5, 5.41) is 4.06. The van der Waals surface area contributed by atoms with Crippen molar-refractivity contribution in [1.82, 2.24) is 9.78 Å². The van der Waals surface area contributed by atoms with Crippen LogP contribution in [0.2, 0.25) is 0 Å². The minimum atomic E-state index is -0.703. The molecule has 0 unspecified atom stereocenters. The van der Waals surface area contributed by atoms with Gasteiger partial charge in [0.05, 0.1) is 6.54 Å². The molecule has 0 N–H and O–H groups in total. The van der Waals surface area contributed by atoms with Crippen LogP contribution in [-0.2, 0) is 11.3 Å². The molecule has 0 amide bonds. The number of carbonyl (C=O) groups is 2. The fraction of sp³-hybridized carbons (Fsp3) is 0.167. The zero-order valence-corrected chi connectivity index (χ0v) is 13.6. The second-order valence-corrected chi connectivity index (χ2v) is 5.54. The average molecular weight is 354 g/mol. The molecule has 0 spiro atoms. The van der Waals surface area contributed by atoms with Crippen molar-refractivity contribution in [2.75, 3.05) is 13.4 Å². The van der Waals surface area contributed by atoms with Gasteiger partial charge in [-0.05, 0) is 36.4 Å². The van der Waals surface area contributed by atoms with Crippen LogP contribution in [0.1, 0.15) is 26.7 Å². The molecule has 1 aliphatic rings. The lowest BCUT2D eigenvalue weighted by atomic mass is 10.1. The van der Waals surface area contributed by atoms with E-state index in [1.54, 1.807) is 47.4 Å². The summed E-state index contributed by atoms with van der Waals surface area (Å²) in [6, 6.07) is 9.77. The van der Waals surface area contributed by atoms with E-state index in [4.69, 9.17) is 18.6 Å². The molecule has 0 saturated heterocycles. The second-order valence-electron chi connectivity index (χ2n) is 5.54. The van der Waals surface area contributed by atoms with Crippen LogP contribution in [-0.4, -0.2) is 34.9 Å². The number of benzene rings is 1. The molecule has 8 heteroatoms. The number of hydrogen-bond acceptors (Lipinski definition) is 7. The van der Waals surface area contributed by atoms with Crippen LogP contribution in [0.5, 0.6) is 11.5 Å². The summed E-state index contributed by atoms with van der Waals surface area (Å²) < 4.78 is 22.6. The van der Waals surface area contributed by atoms with Crippen molar-refractivity contribution in [1.29, 1.82) is 0 Å². The first-order chi connectivity index (χ1) is 12.7. The fourth-order valence-electron chi connectivity index (χ4n) is 2.48. The molecule has 3 heterocycles. The maximum absolute atomic E-state index is 12.2. The molecule has 0 aliphatic carbocycles. The number of furan rings is 1. The maximum atomic E-state index is 12.2. The van der Waals surface area contributed by atoms with Crippen molar-refractivity contribution in [3.63, 3.8) is 0 Å². The molecule has 0 radical (unpaired) electrons. The van der Waals surface area contributed by atoms with Crippen LogP contribution < -0.4 is 9.47 Å². The van der Waals surface area contributed by atoms with E-state index < -0.39 is 12.6 Å². The molecule has 132 valence electrons. The molecular formula is C18H14N2O6. The van der Waals surface area contributed by atoms with Gasteiger partial charge >= 0.3 is 5.97 Å². The Labute approximate surface area is 147 Å². The molecule has 0 fully saturated rings. The largest absolute Gasteiger partial charge is 0.454 e. The SMILES string of the molecule is O=C(COC(=O)c1ccc(Cn2cccn2)o1)c1ccc2c(c1)OCO2. The van der Waals surface area contributed by atoms with Gasteiger partial charge in [0, 0.05) is 18.0 Å². The molecule has 3 aromatic rings. The number of aromatic nitrogens is 2. The summed E-state index contributed by atoms with van der Waals surface area (Å²) in [6.45, 7) is 0.130. The number of hydrogen-bond donors (Lipinski definition) is 0. The Hall–Kier alpha value is -3.55. The maximum Gasteiger partial charge on any atom is 0.374 e. The Balaban J connectivity index is 1.35. The van der Waals surface area contributed by atoms with Gasteiger partial charge in [0.15, 0.2) is 23.9 Å². The smallest absolute Gasteiger partial charge is 0.374 e. The lowest BCUT2D eigenvalue weighted by Gasteiger charge is -2.04. The summed E-state index contributed by atoms with van der Waals surface area (Å²) in [4.78, 5) is 24.2. The van der Waals surface area contributed by atoms with Gasteiger partial charge < -0.3 is 18.6 Å². The van der Waals surface area contributed by atoms with E-state index in [0.29, 0.717) is 29.4 Å². The normalized spacial score (nSPS) is 12.2. The van der Waals surface area contributed by atoms with E-state index in [1.807, 2.05) is 0 Å². The highest BCUT2D eigenvalue weighted by Crippen LogP contribution is 2.32. The van der Waals surface area contributed by atoms with Crippen LogP contribution in [0, 0.1) is 0 Å². The zero-order chi connectivity index (χ0) is 17.9. The summed E-state index contributed by atoms with van der Waals surface area (Å²) in [7, 11) is 0. The number of ketones is 1. The van der Waals surface area contributed by atoms with Crippen molar-refractivity contribution in [2.45, 2.75) is 6.54 Å². The molecular weight excluding hydrogens is 340 g/mol. The number of esters is 1. The highest BCUT2D eigenvalue weighted by atomic mass is 16.7. The van der Waals surface area contributed by atoms with Crippen molar-refractivity contribution in [3.05, 3.63) is 65.9 Å². The third-order valence-corrected chi connectivity index (χ3v) is 3.77. The standard InChI is InChI=1S/C18H14N2O6/c21-14(12-2-4-15-17(8-12)25-11-24-15)10-23-18(22)16-5-3-13(26-16)9-20-7-1-6-19-20/h1-8H,9-11H2. The number of nitrogens with zero attached hydrogens (tertiary/aromatic N) is 2. The van der Waals surface area contributed by atoms with Gasteiger partial charge in [-0.15, -0.1) is 0 Å². The van der Waals surface area contributed by atoms with Gasteiger partial charge in [0.25, 0.3) is 0 Å². The first-order valence-electron chi connectivity index (χ1n) is 7.85. The van der Waals surface area contributed by atoms with Crippen LogP contribution in [0.15, 0.2) is 53.2 Å². The molecule has 1 aromatic carbocycles. The third-order valence-electron chi connectivity index (χ3n) is 3.77. The van der Waals surface area contributed by atoms with E-state index in [2.05, 4.69) is 5.10 Å². The highest BCUT2D eigenvalue weighted by molar-refractivity contribution is 5.99. The Morgan fingerprint density at radius 3 is 2.88 bits per heavy atom. The van der Waals surface area contributed by atoms with Crippen LogP contribution in [0.3, 0.4) is 0 Å². The van der Waals surface area contributed by atoms with Gasteiger partial charge in [-0.1, -0.05) is 0 Å². The van der Waals surface area contributed by atoms with E-state index in [9.17, 15) is 9.59 Å². The lowest BCUT2D eigenvalue weighted by molar-refractivity contribution is 0.0442. The molecule has 4 rings (SSSR count). The van der Waals surface area contributed by atoms with E-state index in [-0.39, 0.29) is 18.3 Å². The number of rotatable bonds is 6. The van der Waals surface area contributed by atoms with Crippen molar-refractivity contribution in [2.24, 2.45) is 0 Å². The van der Waals surface area contributed by atoms with Gasteiger partial charge in [-0.25, -0.2) is 4.79 Å². The van der Waals surface area contributed by atoms with Crippen LogP contribution >= 0.6 is 0 Å². The molecule has 0 atom stereocenters. The van der Waals surface area contributed by atoms with E-state index >= 15 is 0 Å². The Kier molecular flexibility index (Phi) is 4.14. The van der Waals surface area contributed by atoms with Crippen molar-refractivity contribution < 1.29 is 28.2 Å². The van der Waals surface area contributed by atoms with Crippen molar-refractivity contribution >= 4 is 11.8 Å². The zero-order valence-electron chi connectivity index (χ0n) is 13.6. The lowest BCUT2D eigenvalue weighted by Crippen LogP contribution is -2.13. The minimum absolute atomic E-state index is 0.0330. The number of fused-ring (bicyclic) bond motifs is 1. The minimum Gasteiger partial charge on any atom is -0.454 e. The van der Waals surface area contributed by atoms with Crippen LogP contribution in [0.25, 0.3) is 0 Å². The summed E-state index contributed by atoms with van der Waals surface area (Å²) in [5.74, 6) is 0.620. The van der Waals surface area contributed by atoms with Gasteiger partial charge in [0.2, 0.25) is 12.6 Å². The van der Waals surface area contributed by atoms with Gasteiger partial charge in [-0.2, -0.15) is 5.10 Å². The fourth-order valence-corrected chi connectivity index (χ4v) is 2.48. The summed E-state index contributed by atoms with van der Waals surface area (Å²) >= 11 is 0. The summed E-state index contributed by atoms with van der Waals surface area (Å²) in [6.07, 6.45) is 3.43. The first-order valence-corrected chi connectivity index (χ1v) is 7.85. The van der Waals surface area contributed by atoms with E-state index in [0.717, 1.165) is 0 Å².